The third-order valence-corrected chi connectivity index (χ3v) is 10.1. The number of aryl methyl sites for hydroxylation is 1. The van der Waals surface area contributed by atoms with E-state index < -0.39 is 63.7 Å². The highest BCUT2D eigenvalue weighted by molar-refractivity contribution is 6.06. The van der Waals surface area contributed by atoms with Crippen molar-refractivity contribution in [2.45, 2.75) is 64.4 Å². The lowest BCUT2D eigenvalue weighted by Gasteiger charge is -2.72. The van der Waals surface area contributed by atoms with E-state index in [1.54, 1.807) is 18.2 Å². The average Bonchev–Trinajstić information content (AvgIpc) is 2.92. The van der Waals surface area contributed by atoms with Gasteiger partial charge < -0.3 is 19.7 Å². The summed E-state index contributed by atoms with van der Waals surface area (Å²) in [6, 6.07) is 6.96. The predicted molar refractivity (Wildman–Crippen MR) is 124 cm³/mol. The summed E-state index contributed by atoms with van der Waals surface area (Å²) in [7, 11) is 0. The van der Waals surface area contributed by atoms with E-state index in [9.17, 15) is 24.6 Å². The van der Waals surface area contributed by atoms with Crippen LogP contribution in [-0.2, 0) is 19.1 Å². The van der Waals surface area contributed by atoms with E-state index >= 15 is 0 Å². The van der Waals surface area contributed by atoms with Crippen LogP contribution in [0.15, 0.2) is 36.4 Å². The van der Waals surface area contributed by atoms with Crippen molar-refractivity contribution in [2.75, 3.05) is 6.61 Å². The molecule has 6 fully saturated rings. The molecule has 2 aliphatic heterocycles. The van der Waals surface area contributed by atoms with Gasteiger partial charge in [0.15, 0.2) is 5.78 Å². The van der Waals surface area contributed by atoms with Gasteiger partial charge >= 0.3 is 5.97 Å². The molecule has 6 aliphatic rings. The molecule has 7 heteroatoms. The van der Waals surface area contributed by atoms with Gasteiger partial charge in [-0.1, -0.05) is 38.1 Å². The van der Waals surface area contributed by atoms with Gasteiger partial charge in [-0.25, -0.2) is 4.79 Å². The Balaban J connectivity index is 1.54. The molecule has 4 saturated carbocycles. The van der Waals surface area contributed by atoms with E-state index in [1.807, 2.05) is 26.8 Å². The first-order valence-electron chi connectivity index (χ1n) is 12.5. The number of fused-ring (bicyclic) bond motifs is 2. The second kappa shape index (κ2) is 6.90. The van der Waals surface area contributed by atoms with Gasteiger partial charge in [-0.3, -0.25) is 9.59 Å². The largest absolute Gasteiger partial charge is 0.457 e. The standard InChI is InChI=1S/C28H32O7/c1-14-6-5-7-16(12-14)24(32)35-23-17-8-9-18-26-13-34-28(33,27(18,23)21(30)15(17)2)22(31)20(26)25(3,4)11-10-19(26)29/h5-7,12,17-18,20,22-23,31,33H,2,8-11,13H2,1,3-4H3/t17-,18-,20+,22-,23+,26+,27-,28-/m0/s1. The fourth-order valence-corrected chi connectivity index (χ4v) is 8.72. The van der Waals surface area contributed by atoms with Gasteiger partial charge in [0.2, 0.25) is 5.79 Å². The zero-order valence-electron chi connectivity index (χ0n) is 20.4. The molecule has 8 atom stereocenters. The zero-order chi connectivity index (χ0) is 25.1. The van der Waals surface area contributed by atoms with Gasteiger partial charge in [0.1, 0.15) is 23.4 Å². The van der Waals surface area contributed by atoms with Crippen LogP contribution in [0.1, 0.15) is 55.5 Å². The molecule has 0 amide bonds. The summed E-state index contributed by atoms with van der Waals surface area (Å²) in [6.45, 7) is 9.84. The molecule has 4 aliphatic carbocycles. The first-order valence-corrected chi connectivity index (χ1v) is 12.5. The Morgan fingerprint density at radius 2 is 1.97 bits per heavy atom. The van der Waals surface area contributed by atoms with Crippen LogP contribution in [-0.4, -0.2) is 52.4 Å². The van der Waals surface area contributed by atoms with Crippen LogP contribution in [0.25, 0.3) is 0 Å². The van der Waals surface area contributed by atoms with Crippen molar-refractivity contribution in [3.05, 3.63) is 47.5 Å². The van der Waals surface area contributed by atoms with Crippen molar-refractivity contribution in [3.8, 4) is 0 Å². The van der Waals surface area contributed by atoms with Crippen LogP contribution in [0.3, 0.4) is 0 Å². The number of Topliss-reactive ketones (excluding diaryl/α,β-unsaturated/α-hetero) is 2. The molecule has 2 N–H and O–H groups in total. The SMILES string of the molecule is C=C1C(=O)[C@]23[C@H](OC(=O)c4cccc(C)c4)[C@H]1CC[C@H]2[C@@]12CO[C@@]3(O)[C@@H](O)[C@@H]1C(C)(C)CCC2=O. The number of rotatable bonds is 2. The number of ether oxygens (including phenoxy) is 2. The van der Waals surface area contributed by atoms with E-state index in [2.05, 4.69) is 6.58 Å². The molecule has 0 radical (unpaired) electrons. The van der Waals surface area contributed by atoms with Crippen molar-refractivity contribution in [1.82, 2.24) is 0 Å². The Hall–Kier alpha value is -2.35. The van der Waals surface area contributed by atoms with Crippen LogP contribution < -0.4 is 0 Å². The monoisotopic (exact) mass is 480 g/mol. The van der Waals surface area contributed by atoms with Crippen molar-refractivity contribution in [2.24, 2.45) is 34.0 Å². The highest BCUT2D eigenvalue weighted by Crippen LogP contribution is 2.76. The molecule has 1 aromatic rings. The molecule has 1 aromatic carbocycles. The lowest BCUT2D eigenvalue weighted by Crippen LogP contribution is -2.85. The molecule has 0 unspecified atom stereocenters. The average molecular weight is 481 g/mol. The fraction of sp³-hybridized carbons (Fsp3) is 0.607. The summed E-state index contributed by atoms with van der Waals surface area (Å²) < 4.78 is 12.0. The van der Waals surface area contributed by atoms with Crippen molar-refractivity contribution in [1.29, 1.82) is 0 Å². The van der Waals surface area contributed by atoms with Crippen LogP contribution in [0, 0.1) is 40.9 Å². The third kappa shape index (κ3) is 2.45. The first kappa shape index (κ1) is 23.1. The number of benzene rings is 1. The van der Waals surface area contributed by atoms with Gasteiger partial charge in [0.25, 0.3) is 0 Å². The fourth-order valence-electron chi connectivity index (χ4n) is 8.72. The Morgan fingerprint density at radius 1 is 1.23 bits per heavy atom. The van der Waals surface area contributed by atoms with Crippen molar-refractivity contribution in [3.63, 3.8) is 0 Å². The van der Waals surface area contributed by atoms with Gasteiger partial charge in [0.05, 0.1) is 17.6 Å². The van der Waals surface area contributed by atoms with E-state index in [1.165, 1.54) is 0 Å². The summed E-state index contributed by atoms with van der Waals surface area (Å²) in [6.07, 6.45) is -0.663. The summed E-state index contributed by atoms with van der Waals surface area (Å²) in [5.41, 5.74) is -1.87. The third-order valence-electron chi connectivity index (χ3n) is 10.1. The molecule has 7 nitrogen and oxygen atoms in total. The molecule has 7 rings (SSSR count). The number of aliphatic hydroxyl groups excluding tert-OH is 1. The van der Waals surface area contributed by atoms with Crippen molar-refractivity contribution >= 4 is 17.5 Å². The molecular weight excluding hydrogens is 448 g/mol. The van der Waals surface area contributed by atoms with E-state index in [0.717, 1.165) is 5.56 Å². The number of aliphatic hydroxyl groups is 2. The molecule has 2 heterocycles. The number of hydrogen-bond acceptors (Lipinski definition) is 7. The maximum atomic E-state index is 14.1. The minimum Gasteiger partial charge on any atom is -0.457 e. The molecule has 2 spiro atoms. The summed E-state index contributed by atoms with van der Waals surface area (Å²) in [4.78, 5) is 41.1. The number of hydrogen-bond donors (Lipinski definition) is 2. The minimum absolute atomic E-state index is 0.0421. The Bertz CT molecular complexity index is 1190. The van der Waals surface area contributed by atoms with Crippen LogP contribution >= 0.6 is 0 Å². The minimum atomic E-state index is -2.29. The van der Waals surface area contributed by atoms with Crippen molar-refractivity contribution < 1.29 is 34.1 Å². The maximum Gasteiger partial charge on any atom is 0.338 e. The van der Waals surface area contributed by atoms with Crippen LogP contribution in [0.2, 0.25) is 0 Å². The molecule has 186 valence electrons. The van der Waals surface area contributed by atoms with Crippen LogP contribution in [0.4, 0.5) is 0 Å². The van der Waals surface area contributed by atoms with E-state index in [0.29, 0.717) is 31.2 Å². The van der Waals surface area contributed by atoms with Gasteiger partial charge in [-0.2, -0.15) is 0 Å². The smallest absolute Gasteiger partial charge is 0.338 e. The zero-order valence-corrected chi connectivity index (χ0v) is 20.4. The normalized spacial score (nSPS) is 45.2. The quantitative estimate of drug-likeness (QED) is 0.495. The van der Waals surface area contributed by atoms with Gasteiger partial charge in [0, 0.05) is 18.3 Å². The molecule has 35 heavy (non-hydrogen) atoms. The number of carbonyl (C=O) groups excluding carboxylic acids is 3. The van der Waals surface area contributed by atoms with Crippen LogP contribution in [0.5, 0.6) is 0 Å². The summed E-state index contributed by atoms with van der Waals surface area (Å²) in [5.74, 6) is -5.10. The predicted octanol–water partition coefficient (Wildman–Crippen LogP) is 2.76. The summed E-state index contributed by atoms with van der Waals surface area (Å²) in [5, 5.41) is 23.9. The highest BCUT2D eigenvalue weighted by Gasteiger charge is 2.88. The number of ketones is 2. The lowest BCUT2D eigenvalue weighted by atomic mass is 9.36. The lowest BCUT2D eigenvalue weighted by molar-refractivity contribution is -0.436. The Kier molecular flexibility index (Phi) is 4.55. The molecule has 0 aromatic heterocycles. The number of esters is 1. The summed E-state index contributed by atoms with van der Waals surface area (Å²) >= 11 is 0. The topological polar surface area (TPSA) is 110 Å². The molecule has 2 saturated heterocycles. The second-order valence-corrected chi connectivity index (χ2v) is 12.0. The Labute approximate surface area is 204 Å². The van der Waals surface area contributed by atoms with E-state index in [-0.39, 0.29) is 18.0 Å². The van der Waals surface area contributed by atoms with E-state index in [4.69, 9.17) is 9.47 Å². The molecule has 4 bridgehead atoms. The number of carbonyl (C=O) groups is 3. The Morgan fingerprint density at radius 3 is 2.69 bits per heavy atom. The van der Waals surface area contributed by atoms with Gasteiger partial charge in [-0.05, 0) is 55.2 Å². The molecular formula is C28H32O7. The second-order valence-electron chi connectivity index (χ2n) is 12.0. The first-order chi connectivity index (χ1) is 16.4. The maximum absolute atomic E-state index is 14.1. The highest BCUT2D eigenvalue weighted by atomic mass is 16.6. The van der Waals surface area contributed by atoms with Gasteiger partial charge in [-0.15, -0.1) is 0 Å².